The summed E-state index contributed by atoms with van der Waals surface area (Å²) in [4.78, 5) is 0. The van der Waals surface area contributed by atoms with Crippen molar-refractivity contribution in [3.8, 4) is 5.69 Å². The van der Waals surface area contributed by atoms with E-state index in [9.17, 15) is 4.39 Å². The monoisotopic (exact) mass is 258 g/mol. The van der Waals surface area contributed by atoms with E-state index in [2.05, 4.69) is 5.10 Å². The lowest BCUT2D eigenvalue weighted by atomic mass is 10.3. The molecule has 0 radical (unpaired) electrons. The highest BCUT2D eigenvalue weighted by Gasteiger charge is 2.13. The Bertz CT molecular complexity index is 523. The summed E-state index contributed by atoms with van der Waals surface area (Å²) in [7, 11) is 0. The van der Waals surface area contributed by atoms with Crippen LogP contribution in [0, 0.1) is 12.7 Å². The largest absolute Gasteiger partial charge is 0.222 e. The highest BCUT2D eigenvalue weighted by Crippen LogP contribution is 2.24. The first kappa shape index (κ1) is 11.4. The summed E-state index contributed by atoms with van der Waals surface area (Å²) in [5.41, 5.74) is 2.11. The van der Waals surface area contributed by atoms with Gasteiger partial charge in [0.25, 0.3) is 0 Å². The molecule has 0 aliphatic heterocycles. The van der Waals surface area contributed by atoms with E-state index in [4.69, 9.17) is 23.2 Å². The molecule has 0 saturated carbocycles. The molecule has 0 N–H and O–H groups in total. The molecule has 16 heavy (non-hydrogen) atoms. The van der Waals surface area contributed by atoms with Crippen LogP contribution in [-0.2, 0) is 5.88 Å². The van der Waals surface area contributed by atoms with E-state index >= 15 is 0 Å². The molecule has 84 valence electrons. The van der Waals surface area contributed by atoms with Gasteiger partial charge in [-0.3, -0.25) is 0 Å². The van der Waals surface area contributed by atoms with Crippen LogP contribution in [0.25, 0.3) is 5.69 Å². The van der Waals surface area contributed by atoms with Crippen molar-refractivity contribution >= 4 is 23.2 Å². The number of alkyl halides is 1. The molecule has 2 aromatic rings. The Kier molecular flexibility index (Phi) is 3.17. The second-order valence-electron chi connectivity index (χ2n) is 3.38. The summed E-state index contributed by atoms with van der Waals surface area (Å²) in [5, 5.41) is 4.65. The molecule has 0 fully saturated rings. The van der Waals surface area contributed by atoms with Gasteiger partial charge in [0.2, 0.25) is 0 Å². The lowest BCUT2D eigenvalue weighted by Crippen LogP contribution is -1.97. The first-order valence-corrected chi connectivity index (χ1v) is 5.60. The van der Waals surface area contributed by atoms with Crippen LogP contribution < -0.4 is 0 Å². The Labute approximate surface area is 103 Å². The van der Waals surface area contributed by atoms with Crippen LogP contribution in [-0.4, -0.2) is 9.78 Å². The third-order valence-electron chi connectivity index (χ3n) is 2.31. The van der Waals surface area contributed by atoms with Crippen molar-refractivity contribution in [2.45, 2.75) is 12.8 Å². The average Bonchev–Trinajstić information content (AvgIpc) is 2.54. The Morgan fingerprint density at radius 2 is 2.19 bits per heavy atom. The molecular formula is C11H9Cl2FN2. The van der Waals surface area contributed by atoms with Gasteiger partial charge in [-0.05, 0) is 25.1 Å². The fourth-order valence-corrected chi connectivity index (χ4v) is 2.19. The first-order chi connectivity index (χ1) is 7.63. The molecule has 0 amide bonds. The van der Waals surface area contributed by atoms with Crippen molar-refractivity contribution in [2.75, 3.05) is 0 Å². The van der Waals surface area contributed by atoms with Gasteiger partial charge >= 0.3 is 0 Å². The Hall–Kier alpha value is -1.06. The molecule has 0 aliphatic rings. The molecule has 5 heteroatoms. The summed E-state index contributed by atoms with van der Waals surface area (Å²) in [6.45, 7) is 1.82. The number of halogens is 3. The standard InChI is InChI=1S/C11H9Cl2FN2/c1-7-10(6-12)11(13)16(15-7)9-4-2-3-8(14)5-9/h2-5H,6H2,1H3. The fourth-order valence-electron chi connectivity index (χ4n) is 1.46. The highest BCUT2D eigenvalue weighted by atomic mass is 35.5. The normalized spacial score (nSPS) is 10.8. The zero-order valence-corrected chi connectivity index (χ0v) is 10.1. The predicted molar refractivity (Wildman–Crippen MR) is 62.8 cm³/mol. The van der Waals surface area contributed by atoms with Gasteiger partial charge in [-0.1, -0.05) is 17.7 Å². The van der Waals surface area contributed by atoms with Gasteiger partial charge in [0.15, 0.2) is 0 Å². The fraction of sp³-hybridized carbons (Fsp3) is 0.182. The predicted octanol–water partition coefficient (Wildman–Crippen LogP) is 3.71. The van der Waals surface area contributed by atoms with Crippen molar-refractivity contribution in [1.82, 2.24) is 9.78 Å². The Morgan fingerprint density at radius 3 is 2.75 bits per heavy atom. The second-order valence-corrected chi connectivity index (χ2v) is 4.01. The highest BCUT2D eigenvalue weighted by molar-refractivity contribution is 6.31. The first-order valence-electron chi connectivity index (χ1n) is 4.69. The zero-order chi connectivity index (χ0) is 11.7. The Morgan fingerprint density at radius 1 is 1.44 bits per heavy atom. The molecule has 0 bridgehead atoms. The second kappa shape index (κ2) is 4.44. The van der Waals surface area contributed by atoms with Gasteiger partial charge in [0, 0.05) is 5.56 Å². The van der Waals surface area contributed by atoms with E-state index < -0.39 is 0 Å². The maximum atomic E-state index is 13.1. The number of benzene rings is 1. The van der Waals surface area contributed by atoms with Crippen LogP contribution in [0.1, 0.15) is 11.3 Å². The van der Waals surface area contributed by atoms with Crippen LogP contribution in [0.15, 0.2) is 24.3 Å². The van der Waals surface area contributed by atoms with Crippen LogP contribution in [0.4, 0.5) is 4.39 Å². The van der Waals surface area contributed by atoms with Crippen molar-refractivity contribution in [3.63, 3.8) is 0 Å². The zero-order valence-electron chi connectivity index (χ0n) is 8.54. The van der Waals surface area contributed by atoms with Gasteiger partial charge in [-0.25, -0.2) is 9.07 Å². The number of hydrogen-bond acceptors (Lipinski definition) is 1. The molecule has 1 aromatic carbocycles. The lowest BCUT2D eigenvalue weighted by Gasteiger charge is -2.02. The number of aryl methyl sites for hydroxylation is 1. The maximum Gasteiger partial charge on any atom is 0.137 e. The van der Waals surface area contributed by atoms with E-state index in [0.717, 1.165) is 11.3 Å². The topological polar surface area (TPSA) is 17.8 Å². The van der Waals surface area contributed by atoms with Crippen molar-refractivity contribution in [2.24, 2.45) is 0 Å². The molecule has 0 atom stereocenters. The number of aromatic nitrogens is 2. The molecular weight excluding hydrogens is 250 g/mol. The molecule has 0 spiro atoms. The van der Waals surface area contributed by atoms with Crippen molar-refractivity contribution in [3.05, 3.63) is 46.5 Å². The maximum absolute atomic E-state index is 13.1. The summed E-state index contributed by atoms with van der Waals surface area (Å²) >= 11 is 11.9. The van der Waals surface area contributed by atoms with E-state index in [1.54, 1.807) is 12.1 Å². The smallest absolute Gasteiger partial charge is 0.137 e. The minimum absolute atomic E-state index is 0.292. The molecule has 0 unspecified atom stereocenters. The average molecular weight is 259 g/mol. The van der Waals surface area contributed by atoms with Crippen LogP contribution in [0.5, 0.6) is 0 Å². The molecule has 0 saturated heterocycles. The SMILES string of the molecule is Cc1nn(-c2cccc(F)c2)c(Cl)c1CCl. The number of rotatable bonds is 2. The molecule has 1 aromatic heterocycles. The lowest BCUT2D eigenvalue weighted by molar-refractivity contribution is 0.625. The van der Waals surface area contributed by atoms with Crippen LogP contribution >= 0.6 is 23.2 Å². The molecule has 2 rings (SSSR count). The minimum atomic E-state index is -0.325. The molecule has 2 nitrogen and oxygen atoms in total. The van der Waals surface area contributed by atoms with E-state index in [0.29, 0.717) is 16.7 Å². The summed E-state index contributed by atoms with van der Waals surface area (Å²) in [5.74, 6) is -0.0332. The van der Waals surface area contributed by atoms with Gasteiger partial charge in [0.1, 0.15) is 11.0 Å². The van der Waals surface area contributed by atoms with E-state index in [1.807, 2.05) is 6.92 Å². The number of nitrogens with zero attached hydrogens (tertiary/aromatic N) is 2. The molecule has 1 heterocycles. The third kappa shape index (κ3) is 1.93. The van der Waals surface area contributed by atoms with Gasteiger partial charge in [0.05, 0.1) is 17.3 Å². The minimum Gasteiger partial charge on any atom is -0.222 e. The quantitative estimate of drug-likeness (QED) is 0.751. The summed E-state index contributed by atoms with van der Waals surface area (Å²) < 4.78 is 14.5. The third-order valence-corrected chi connectivity index (χ3v) is 2.96. The summed E-state index contributed by atoms with van der Waals surface area (Å²) in [6.07, 6.45) is 0. The van der Waals surface area contributed by atoms with Crippen LogP contribution in [0.2, 0.25) is 5.15 Å². The summed E-state index contributed by atoms with van der Waals surface area (Å²) in [6, 6.07) is 6.09. The van der Waals surface area contributed by atoms with Gasteiger partial charge in [-0.15, -0.1) is 11.6 Å². The van der Waals surface area contributed by atoms with Crippen molar-refractivity contribution in [1.29, 1.82) is 0 Å². The van der Waals surface area contributed by atoms with Gasteiger partial charge < -0.3 is 0 Å². The number of hydrogen-bond donors (Lipinski definition) is 0. The van der Waals surface area contributed by atoms with E-state index in [-0.39, 0.29) is 5.82 Å². The van der Waals surface area contributed by atoms with Crippen LogP contribution in [0.3, 0.4) is 0 Å². The van der Waals surface area contributed by atoms with Crippen molar-refractivity contribution < 1.29 is 4.39 Å². The molecule has 0 aliphatic carbocycles. The van der Waals surface area contributed by atoms with E-state index in [1.165, 1.54) is 16.8 Å². The Balaban J connectivity index is 2.56. The van der Waals surface area contributed by atoms with Gasteiger partial charge in [-0.2, -0.15) is 5.10 Å².